The van der Waals surface area contributed by atoms with Gasteiger partial charge < -0.3 is 9.32 Å². The fourth-order valence-electron chi connectivity index (χ4n) is 4.20. The number of carbonyl (C=O) groups is 2. The number of carbonyl (C=O) groups excluding carboxylic acids is 2. The first-order chi connectivity index (χ1) is 16.6. The van der Waals surface area contributed by atoms with Crippen molar-refractivity contribution in [2.24, 2.45) is 5.10 Å². The van der Waals surface area contributed by atoms with Crippen molar-refractivity contribution in [1.82, 2.24) is 24.8 Å². The zero-order valence-corrected chi connectivity index (χ0v) is 19.1. The van der Waals surface area contributed by atoms with Crippen LogP contribution in [0.3, 0.4) is 0 Å². The molecule has 2 aliphatic rings. The summed E-state index contributed by atoms with van der Waals surface area (Å²) in [5.41, 5.74) is 2.06. The number of benzene rings is 1. The Morgan fingerprint density at radius 2 is 1.85 bits per heavy atom. The second-order valence-electron chi connectivity index (χ2n) is 8.19. The van der Waals surface area contributed by atoms with E-state index in [0.717, 1.165) is 11.3 Å². The fourth-order valence-corrected chi connectivity index (χ4v) is 4.33. The number of hydrogen-bond acceptors (Lipinski definition) is 7. The van der Waals surface area contributed by atoms with Gasteiger partial charge in [-0.05, 0) is 29.8 Å². The van der Waals surface area contributed by atoms with Crippen LogP contribution in [-0.2, 0) is 4.79 Å². The van der Waals surface area contributed by atoms with Crippen LogP contribution >= 0.6 is 11.6 Å². The molecule has 1 aromatic carbocycles. The van der Waals surface area contributed by atoms with Gasteiger partial charge in [0.25, 0.3) is 11.8 Å². The summed E-state index contributed by atoms with van der Waals surface area (Å²) in [6.45, 7) is 2.42. The lowest BCUT2D eigenvalue weighted by Gasteiger charge is -2.34. The number of halogens is 1. The van der Waals surface area contributed by atoms with Crippen molar-refractivity contribution in [3.05, 3.63) is 83.3 Å². The monoisotopic (exact) mass is 478 g/mol. The minimum Gasteiger partial charge on any atom is -0.467 e. The maximum absolute atomic E-state index is 13.3. The maximum atomic E-state index is 13.3. The van der Waals surface area contributed by atoms with Crippen LogP contribution in [-0.4, -0.2) is 75.0 Å². The first kappa shape index (κ1) is 22.2. The molecule has 4 heterocycles. The van der Waals surface area contributed by atoms with E-state index in [1.807, 2.05) is 41.3 Å². The van der Waals surface area contributed by atoms with E-state index in [1.54, 1.807) is 11.2 Å². The highest BCUT2D eigenvalue weighted by molar-refractivity contribution is 6.30. The quantitative estimate of drug-likeness (QED) is 0.559. The molecule has 174 valence electrons. The van der Waals surface area contributed by atoms with Crippen LogP contribution in [0.5, 0.6) is 0 Å². The van der Waals surface area contributed by atoms with Crippen molar-refractivity contribution in [3.8, 4) is 0 Å². The Bertz CT molecular complexity index is 1180. The van der Waals surface area contributed by atoms with Gasteiger partial charge in [0, 0.05) is 50.0 Å². The van der Waals surface area contributed by atoms with Gasteiger partial charge in [0.05, 0.1) is 24.7 Å². The Morgan fingerprint density at radius 1 is 1.06 bits per heavy atom. The van der Waals surface area contributed by atoms with Crippen LogP contribution in [0.15, 0.2) is 70.8 Å². The lowest BCUT2D eigenvalue weighted by molar-refractivity contribution is -0.134. The number of furan rings is 1. The van der Waals surface area contributed by atoms with Crippen molar-refractivity contribution >= 4 is 29.1 Å². The number of piperazine rings is 1. The zero-order chi connectivity index (χ0) is 23.5. The third kappa shape index (κ3) is 4.71. The smallest absolute Gasteiger partial charge is 0.274 e. The largest absolute Gasteiger partial charge is 0.467 e. The minimum atomic E-state index is -0.298. The van der Waals surface area contributed by atoms with Crippen LogP contribution in [0.2, 0.25) is 5.02 Å². The third-order valence-corrected chi connectivity index (χ3v) is 6.27. The van der Waals surface area contributed by atoms with Gasteiger partial charge in [-0.1, -0.05) is 23.7 Å². The molecule has 1 unspecified atom stereocenters. The molecule has 0 aliphatic carbocycles. The van der Waals surface area contributed by atoms with Gasteiger partial charge in [0.1, 0.15) is 17.5 Å². The molecule has 9 nitrogen and oxygen atoms in total. The van der Waals surface area contributed by atoms with Crippen molar-refractivity contribution < 1.29 is 14.0 Å². The summed E-state index contributed by atoms with van der Waals surface area (Å²) in [7, 11) is 0. The van der Waals surface area contributed by atoms with Crippen LogP contribution in [0, 0.1) is 0 Å². The van der Waals surface area contributed by atoms with Crippen LogP contribution in [0.25, 0.3) is 0 Å². The molecule has 1 fully saturated rings. The number of aromatic nitrogens is 2. The van der Waals surface area contributed by atoms with Crippen molar-refractivity contribution in [3.63, 3.8) is 0 Å². The third-order valence-electron chi connectivity index (χ3n) is 6.02. The van der Waals surface area contributed by atoms with E-state index >= 15 is 0 Å². The van der Waals surface area contributed by atoms with E-state index in [0.29, 0.717) is 49.1 Å². The van der Waals surface area contributed by atoms with Gasteiger partial charge in [-0.15, -0.1) is 0 Å². The molecule has 1 saturated heterocycles. The summed E-state index contributed by atoms with van der Waals surface area (Å²) in [5, 5.41) is 6.84. The highest BCUT2D eigenvalue weighted by atomic mass is 35.5. The van der Waals surface area contributed by atoms with Crippen molar-refractivity contribution in [2.75, 3.05) is 32.7 Å². The van der Waals surface area contributed by atoms with Crippen LogP contribution < -0.4 is 0 Å². The molecule has 2 aliphatic heterocycles. The molecule has 1 atom stereocenters. The molecule has 5 rings (SSSR count). The van der Waals surface area contributed by atoms with Gasteiger partial charge in [-0.25, -0.2) is 9.99 Å². The summed E-state index contributed by atoms with van der Waals surface area (Å²) >= 11 is 6.02. The van der Waals surface area contributed by atoms with E-state index in [4.69, 9.17) is 16.0 Å². The zero-order valence-electron chi connectivity index (χ0n) is 18.4. The standard InChI is InChI=1S/C24H23ClN6O3/c25-18-5-3-17(4-6-18)19-14-21(22-2-1-13-34-22)31(28-19)23(32)16-29-9-11-30(12-10-29)24(33)20-15-26-7-8-27-20/h1-8,13,15,21H,9-12,14,16H2. The first-order valence-electron chi connectivity index (χ1n) is 11.0. The van der Waals surface area contributed by atoms with E-state index in [9.17, 15) is 9.59 Å². The summed E-state index contributed by atoms with van der Waals surface area (Å²) in [5.74, 6) is 0.438. The van der Waals surface area contributed by atoms with Gasteiger partial charge >= 0.3 is 0 Å². The predicted octanol–water partition coefficient (Wildman–Crippen LogP) is 2.86. The summed E-state index contributed by atoms with van der Waals surface area (Å²) in [4.78, 5) is 37.7. The molecule has 0 radical (unpaired) electrons. The summed E-state index contributed by atoms with van der Waals surface area (Å²) in [6, 6.07) is 10.8. The molecule has 10 heteroatoms. The number of amides is 2. The lowest BCUT2D eigenvalue weighted by Crippen LogP contribution is -2.51. The Kier molecular flexibility index (Phi) is 6.37. The molecule has 2 amide bonds. The first-order valence-corrected chi connectivity index (χ1v) is 11.4. The Labute approximate surface area is 201 Å². The highest BCUT2D eigenvalue weighted by Gasteiger charge is 2.36. The second kappa shape index (κ2) is 9.74. The maximum Gasteiger partial charge on any atom is 0.274 e. The van der Waals surface area contributed by atoms with Gasteiger partial charge in [0.2, 0.25) is 0 Å². The topological polar surface area (TPSA) is 95.1 Å². The number of nitrogens with zero attached hydrogens (tertiary/aromatic N) is 6. The molecule has 0 N–H and O–H groups in total. The lowest BCUT2D eigenvalue weighted by atomic mass is 10.0. The fraction of sp³-hybridized carbons (Fsp3) is 0.292. The Hall–Kier alpha value is -3.56. The summed E-state index contributed by atoms with van der Waals surface area (Å²) in [6.07, 6.45) is 6.67. The molecule has 0 bridgehead atoms. The Morgan fingerprint density at radius 3 is 2.53 bits per heavy atom. The number of hydrogen-bond donors (Lipinski definition) is 0. The number of hydrazone groups is 1. The highest BCUT2D eigenvalue weighted by Crippen LogP contribution is 2.33. The molecule has 3 aromatic rings. The van der Waals surface area contributed by atoms with Gasteiger partial charge in [-0.2, -0.15) is 5.10 Å². The molecule has 0 saturated carbocycles. The van der Waals surface area contributed by atoms with E-state index in [-0.39, 0.29) is 24.4 Å². The molecular weight excluding hydrogens is 456 g/mol. The SMILES string of the molecule is O=C(c1cnccn1)N1CCN(CC(=O)N2N=C(c3ccc(Cl)cc3)CC2c2ccco2)CC1. The normalized spacial score (nSPS) is 18.7. The molecular formula is C24H23ClN6O3. The van der Waals surface area contributed by atoms with Crippen molar-refractivity contribution in [1.29, 1.82) is 0 Å². The van der Waals surface area contributed by atoms with E-state index < -0.39 is 0 Å². The van der Waals surface area contributed by atoms with E-state index in [2.05, 4.69) is 15.1 Å². The molecule has 0 spiro atoms. The van der Waals surface area contributed by atoms with Gasteiger partial charge in [0.15, 0.2) is 0 Å². The average molecular weight is 479 g/mol. The average Bonchev–Trinajstić information content (AvgIpc) is 3.55. The predicted molar refractivity (Wildman–Crippen MR) is 125 cm³/mol. The molecule has 2 aromatic heterocycles. The second-order valence-corrected chi connectivity index (χ2v) is 8.62. The van der Waals surface area contributed by atoms with Crippen molar-refractivity contribution in [2.45, 2.75) is 12.5 Å². The summed E-state index contributed by atoms with van der Waals surface area (Å²) < 4.78 is 5.62. The molecule has 34 heavy (non-hydrogen) atoms. The number of rotatable bonds is 5. The Balaban J connectivity index is 1.25. The van der Waals surface area contributed by atoms with Crippen LogP contribution in [0.4, 0.5) is 0 Å². The minimum absolute atomic E-state index is 0.112. The van der Waals surface area contributed by atoms with Gasteiger partial charge in [-0.3, -0.25) is 19.5 Å². The van der Waals surface area contributed by atoms with E-state index in [1.165, 1.54) is 23.6 Å². The van der Waals surface area contributed by atoms with Crippen LogP contribution in [0.1, 0.15) is 34.3 Å².